The van der Waals surface area contributed by atoms with Crippen LogP contribution in [0.1, 0.15) is 11.6 Å². The van der Waals surface area contributed by atoms with Gasteiger partial charge in [-0.2, -0.15) is 10.5 Å². The van der Waals surface area contributed by atoms with Crippen LogP contribution in [0.5, 0.6) is 5.88 Å². The van der Waals surface area contributed by atoms with Crippen molar-refractivity contribution >= 4 is 0 Å². The Morgan fingerprint density at radius 1 is 1.38 bits per heavy atom. The van der Waals surface area contributed by atoms with E-state index in [0.29, 0.717) is 11.6 Å². The van der Waals surface area contributed by atoms with Crippen LogP contribution in [-0.2, 0) is 0 Å². The molecule has 1 rings (SSSR count). The lowest BCUT2D eigenvalue weighted by Gasteiger charge is -2.00. The van der Waals surface area contributed by atoms with Crippen molar-refractivity contribution in [1.29, 1.82) is 10.5 Å². The number of hydrogen-bond donors (Lipinski definition) is 0. The van der Waals surface area contributed by atoms with E-state index in [2.05, 4.69) is 9.97 Å². The molecule has 0 aliphatic rings. The molecule has 0 aromatic carbocycles. The van der Waals surface area contributed by atoms with Gasteiger partial charge in [-0.3, -0.25) is 0 Å². The molecule has 1 aromatic heterocycles. The average Bonchev–Trinajstić information content (AvgIpc) is 2.20. The van der Waals surface area contributed by atoms with Crippen LogP contribution in [0.4, 0.5) is 0 Å². The van der Waals surface area contributed by atoms with E-state index in [1.807, 2.05) is 12.1 Å². The predicted octanol–water partition coefficient (Wildman–Crippen LogP) is 0.616. The first kappa shape index (κ1) is 8.95. The summed E-state index contributed by atoms with van der Waals surface area (Å²) in [6, 6.07) is 5.09. The minimum atomic E-state index is -0.864. The summed E-state index contributed by atoms with van der Waals surface area (Å²) in [6.45, 7) is 0. The van der Waals surface area contributed by atoms with Crippen LogP contribution in [0.15, 0.2) is 12.4 Å². The van der Waals surface area contributed by atoms with Gasteiger partial charge in [0.15, 0.2) is 5.92 Å². The van der Waals surface area contributed by atoms with Gasteiger partial charge in [0.25, 0.3) is 0 Å². The minimum Gasteiger partial charge on any atom is -0.481 e. The molecule has 0 N–H and O–H groups in total. The van der Waals surface area contributed by atoms with Gasteiger partial charge < -0.3 is 4.74 Å². The molecule has 0 radical (unpaired) electrons. The molecule has 0 fully saturated rings. The van der Waals surface area contributed by atoms with Crippen molar-refractivity contribution in [1.82, 2.24) is 9.97 Å². The fourth-order valence-corrected chi connectivity index (χ4v) is 0.784. The van der Waals surface area contributed by atoms with Gasteiger partial charge >= 0.3 is 0 Å². The lowest BCUT2D eigenvalue weighted by molar-refractivity contribution is 0.396. The molecule has 0 spiro atoms. The molecular weight excluding hydrogens is 168 g/mol. The topological polar surface area (TPSA) is 82.6 Å². The van der Waals surface area contributed by atoms with Crippen molar-refractivity contribution in [3.8, 4) is 18.0 Å². The largest absolute Gasteiger partial charge is 0.481 e. The first-order valence-corrected chi connectivity index (χ1v) is 3.47. The van der Waals surface area contributed by atoms with Crippen molar-refractivity contribution in [2.24, 2.45) is 0 Å². The third kappa shape index (κ3) is 1.91. The minimum absolute atomic E-state index is 0.348. The number of hydrogen-bond acceptors (Lipinski definition) is 5. The Balaban J connectivity index is 3.03. The molecular formula is C8H6N4O. The van der Waals surface area contributed by atoms with Gasteiger partial charge in [-0.05, 0) is 0 Å². The molecule has 0 saturated carbocycles. The number of ether oxygens (including phenoxy) is 1. The highest BCUT2D eigenvalue weighted by Crippen LogP contribution is 2.14. The van der Waals surface area contributed by atoms with Crippen LogP contribution in [0.3, 0.4) is 0 Å². The van der Waals surface area contributed by atoms with E-state index < -0.39 is 5.92 Å². The highest BCUT2D eigenvalue weighted by atomic mass is 16.5. The maximum Gasteiger partial charge on any atom is 0.216 e. The van der Waals surface area contributed by atoms with Crippen LogP contribution in [0, 0.1) is 22.7 Å². The highest BCUT2D eigenvalue weighted by Gasteiger charge is 2.11. The Labute approximate surface area is 75.2 Å². The van der Waals surface area contributed by atoms with Crippen molar-refractivity contribution in [2.75, 3.05) is 7.11 Å². The second kappa shape index (κ2) is 4.03. The molecule has 0 amide bonds. The lowest BCUT2D eigenvalue weighted by atomic mass is 10.1. The summed E-state index contributed by atoms with van der Waals surface area (Å²) in [5.41, 5.74) is 0.358. The summed E-state index contributed by atoms with van der Waals surface area (Å²) in [4.78, 5) is 7.55. The van der Waals surface area contributed by atoms with Gasteiger partial charge in [0.1, 0.15) is 6.33 Å². The summed E-state index contributed by atoms with van der Waals surface area (Å²) in [5, 5.41) is 17.1. The zero-order chi connectivity index (χ0) is 9.68. The van der Waals surface area contributed by atoms with E-state index in [-0.39, 0.29) is 0 Å². The van der Waals surface area contributed by atoms with E-state index in [0.717, 1.165) is 0 Å². The molecule has 13 heavy (non-hydrogen) atoms. The van der Waals surface area contributed by atoms with Crippen LogP contribution < -0.4 is 4.74 Å². The fraction of sp³-hybridized carbons (Fsp3) is 0.250. The Morgan fingerprint density at radius 3 is 2.62 bits per heavy atom. The number of nitrogens with zero attached hydrogens (tertiary/aromatic N) is 4. The Bertz CT molecular complexity index is 362. The summed E-state index contributed by atoms with van der Waals surface area (Å²) in [5.74, 6) is -0.516. The SMILES string of the molecule is COc1cc(C(C#N)C#N)ncn1. The Kier molecular flexibility index (Phi) is 2.77. The average molecular weight is 174 g/mol. The van der Waals surface area contributed by atoms with E-state index in [4.69, 9.17) is 15.3 Å². The molecule has 1 heterocycles. The third-order valence-electron chi connectivity index (χ3n) is 1.43. The van der Waals surface area contributed by atoms with Gasteiger partial charge in [0.2, 0.25) is 5.88 Å². The quantitative estimate of drug-likeness (QED) is 0.656. The smallest absolute Gasteiger partial charge is 0.216 e. The zero-order valence-electron chi connectivity index (χ0n) is 6.93. The van der Waals surface area contributed by atoms with Gasteiger partial charge in [-0.1, -0.05) is 0 Å². The molecule has 1 aromatic rings. The number of aromatic nitrogens is 2. The number of rotatable bonds is 2. The summed E-state index contributed by atoms with van der Waals surface area (Å²) >= 11 is 0. The number of methoxy groups -OCH3 is 1. The molecule has 5 nitrogen and oxygen atoms in total. The lowest BCUT2D eigenvalue weighted by Crippen LogP contribution is -1.98. The van der Waals surface area contributed by atoms with E-state index in [1.54, 1.807) is 0 Å². The molecule has 0 atom stereocenters. The maximum atomic E-state index is 8.57. The molecule has 0 saturated heterocycles. The van der Waals surface area contributed by atoms with Gasteiger partial charge in [-0.15, -0.1) is 0 Å². The molecule has 0 bridgehead atoms. The molecule has 0 aliphatic heterocycles. The summed E-state index contributed by atoms with van der Waals surface area (Å²) in [6.07, 6.45) is 1.26. The number of nitriles is 2. The summed E-state index contributed by atoms with van der Waals surface area (Å²) < 4.78 is 4.82. The Morgan fingerprint density at radius 2 is 2.08 bits per heavy atom. The van der Waals surface area contributed by atoms with Crippen LogP contribution in [0.2, 0.25) is 0 Å². The van der Waals surface area contributed by atoms with E-state index in [9.17, 15) is 0 Å². The first-order chi connectivity index (χ1) is 6.31. The molecule has 64 valence electrons. The summed E-state index contributed by atoms with van der Waals surface area (Å²) in [7, 11) is 1.46. The van der Waals surface area contributed by atoms with Crippen molar-refractivity contribution in [2.45, 2.75) is 5.92 Å². The standard InChI is InChI=1S/C8H6N4O/c1-13-8-2-7(11-5-12-8)6(3-9)4-10/h2,5-6H,1H3. The molecule has 5 heteroatoms. The van der Waals surface area contributed by atoms with Crippen molar-refractivity contribution in [3.05, 3.63) is 18.1 Å². The normalized spacial score (nSPS) is 8.92. The molecule has 0 aliphatic carbocycles. The Hall–Kier alpha value is -2.14. The van der Waals surface area contributed by atoms with Crippen LogP contribution in [0.25, 0.3) is 0 Å². The maximum absolute atomic E-state index is 8.57. The van der Waals surface area contributed by atoms with Crippen molar-refractivity contribution in [3.63, 3.8) is 0 Å². The highest BCUT2D eigenvalue weighted by molar-refractivity contribution is 5.27. The van der Waals surface area contributed by atoms with E-state index in [1.165, 1.54) is 19.5 Å². The van der Waals surface area contributed by atoms with Gasteiger partial charge in [0.05, 0.1) is 24.9 Å². The van der Waals surface area contributed by atoms with Crippen LogP contribution >= 0.6 is 0 Å². The molecule has 0 unspecified atom stereocenters. The van der Waals surface area contributed by atoms with Crippen molar-refractivity contribution < 1.29 is 4.74 Å². The van der Waals surface area contributed by atoms with E-state index >= 15 is 0 Å². The first-order valence-electron chi connectivity index (χ1n) is 3.47. The van der Waals surface area contributed by atoms with Gasteiger partial charge in [0, 0.05) is 6.07 Å². The third-order valence-corrected chi connectivity index (χ3v) is 1.43. The predicted molar refractivity (Wildman–Crippen MR) is 42.6 cm³/mol. The van der Waals surface area contributed by atoms with Crippen LogP contribution in [-0.4, -0.2) is 17.1 Å². The second-order valence-corrected chi connectivity index (χ2v) is 2.18. The zero-order valence-corrected chi connectivity index (χ0v) is 6.93. The second-order valence-electron chi connectivity index (χ2n) is 2.18. The monoisotopic (exact) mass is 174 g/mol. The van der Waals surface area contributed by atoms with Gasteiger partial charge in [-0.25, -0.2) is 9.97 Å². The fourth-order valence-electron chi connectivity index (χ4n) is 0.784.